The van der Waals surface area contributed by atoms with E-state index < -0.39 is 0 Å². The smallest absolute Gasteiger partial charge is 0.298 e. The van der Waals surface area contributed by atoms with Crippen LogP contribution in [0.2, 0.25) is 0 Å². The van der Waals surface area contributed by atoms with Crippen LogP contribution in [0.5, 0.6) is 5.75 Å². The fourth-order valence-corrected chi connectivity index (χ4v) is 1.84. The van der Waals surface area contributed by atoms with Crippen molar-refractivity contribution in [3.63, 3.8) is 0 Å². The van der Waals surface area contributed by atoms with Gasteiger partial charge in [-0.1, -0.05) is 6.07 Å². The number of rotatable bonds is 2. The third-order valence-corrected chi connectivity index (χ3v) is 2.63. The van der Waals surface area contributed by atoms with Gasteiger partial charge in [0.25, 0.3) is 6.47 Å². The van der Waals surface area contributed by atoms with Crippen molar-refractivity contribution in [3.05, 3.63) is 42.6 Å². The van der Waals surface area contributed by atoms with Crippen LogP contribution in [0.3, 0.4) is 0 Å². The first-order valence-electron chi connectivity index (χ1n) is 5.12. The normalized spacial score (nSPS) is 10.6. The molecule has 0 bridgehead atoms. The maximum absolute atomic E-state index is 10.3. The Morgan fingerprint density at radius 2 is 1.94 bits per heavy atom. The highest BCUT2D eigenvalue weighted by molar-refractivity contribution is 5.96. The van der Waals surface area contributed by atoms with Gasteiger partial charge in [-0.15, -0.1) is 0 Å². The molecule has 2 aromatic carbocycles. The van der Waals surface area contributed by atoms with Gasteiger partial charge in [0.05, 0.1) is 11.7 Å². The molecule has 0 saturated carbocycles. The molecular weight excluding hydrogens is 216 g/mol. The summed E-state index contributed by atoms with van der Waals surface area (Å²) in [7, 11) is 0. The second-order valence-electron chi connectivity index (χ2n) is 3.67. The molecule has 1 heterocycles. The van der Waals surface area contributed by atoms with Crippen molar-refractivity contribution in [2.75, 3.05) is 0 Å². The molecule has 0 aliphatic heterocycles. The van der Waals surface area contributed by atoms with Crippen LogP contribution >= 0.6 is 0 Å². The van der Waals surface area contributed by atoms with E-state index in [9.17, 15) is 4.79 Å². The Kier molecular flexibility index (Phi) is 2.19. The van der Waals surface area contributed by atoms with Crippen molar-refractivity contribution >= 4 is 28.1 Å². The Morgan fingerprint density at radius 1 is 1.00 bits per heavy atom. The predicted molar refractivity (Wildman–Crippen MR) is 63.7 cm³/mol. The molecule has 0 spiro atoms. The first-order valence-corrected chi connectivity index (χ1v) is 5.12. The number of carbonyl (C=O) groups is 1. The zero-order valence-corrected chi connectivity index (χ0v) is 8.83. The molecule has 0 saturated heterocycles. The number of carbonyl (C=O) groups excluding carboxylic acids is 1. The number of ether oxygens (including phenoxy) is 1. The molecule has 4 heteroatoms. The topological polar surface area (TPSA) is 52.1 Å². The Balaban J connectivity index is 2.28. The molecule has 3 aromatic rings. The Labute approximate surface area is 96.8 Å². The lowest BCUT2D eigenvalue weighted by Gasteiger charge is -2.03. The standard InChI is InChI=1S/C13H8N2O2/c16-8-17-12-2-1-9-7-13-10(3-4-14-15-13)5-11(9)6-12/h1-8H. The van der Waals surface area contributed by atoms with Crippen LogP contribution in [-0.2, 0) is 4.79 Å². The summed E-state index contributed by atoms with van der Waals surface area (Å²) in [4.78, 5) is 10.3. The lowest BCUT2D eigenvalue weighted by molar-refractivity contribution is -0.120. The van der Waals surface area contributed by atoms with Gasteiger partial charge in [0.15, 0.2) is 0 Å². The minimum absolute atomic E-state index is 0.424. The first-order chi connectivity index (χ1) is 8.36. The van der Waals surface area contributed by atoms with Crippen LogP contribution in [0.25, 0.3) is 21.7 Å². The van der Waals surface area contributed by atoms with Crippen LogP contribution in [0.4, 0.5) is 0 Å². The third kappa shape index (κ3) is 1.69. The zero-order valence-electron chi connectivity index (χ0n) is 8.83. The number of benzene rings is 2. The van der Waals surface area contributed by atoms with Gasteiger partial charge in [0.1, 0.15) is 5.75 Å². The number of hydrogen-bond acceptors (Lipinski definition) is 4. The molecule has 0 aliphatic rings. The van der Waals surface area contributed by atoms with E-state index in [2.05, 4.69) is 10.2 Å². The van der Waals surface area contributed by atoms with E-state index in [1.807, 2.05) is 30.3 Å². The van der Waals surface area contributed by atoms with Crippen LogP contribution in [0, 0.1) is 0 Å². The second kappa shape index (κ2) is 3.83. The van der Waals surface area contributed by atoms with Crippen molar-refractivity contribution in [1.29, 1.82) is 0 Å². The molecule has 0 fully saturated rings. The van der Waals surface area contributed by atoms with Gasteiger partial charge in [-0.05, 0) is 41.1 Å². The largest absolute Gasteiger partial charge is 0.429 e. The molecule has 3 rings (SSSR count). The molecule has 4 nitrogen and oxygen atoms in total. The van der Waals surface area contributed by atoms with E-state index in [0.29, 0.717) is 12.2 Å². The average molecular weight is 224 g/mol. The summed E-state index contributed by atoms with van der Waals surface area (Å²) in [5.74, 6) is 0.536. The summed E-state index contributed by atoms with van der Waals surface area (Å²) >= 11 is 0. The molecule has 0 N–H and O–H groups in total. The SMILES string of the molecule is O=COc1ccc2cc3nnccc3cc2c1. The van der Waals surface area contributed by atoms with Gasteiger partial charge < -0.3 is 4.74 Å². The summed E-state index contributed by atoms with van der Waals surface area (Å²) in [6.07, 6.45) is 1.65. The lowest BCUT2D eigenvalue weighted by atomic mass is 10.1. The van der Waals surface area contributed by atoms with Gasteiger partial charge in [-0.2, -0.15) is 10.2 Å². The molecule has 0 unspecified atom stereocenters. The van der Waals surface area contributed by atoms with E-state index in [-0.39, 0.29) is 0 Å². The van der Waals surface area contributed by atoms with Gasteiger partial charge in [0, 0.05) is 5.39 Å². The van der Waals surface area contributed by atoms with E-state index in [1.165, 1.54) is 0 Å². The molecule has 0 radical (unpaired) electrons. The Hall–Kier alpha value is -2.49. The van der Waals surface area contributed by atoms with Gasteiger partial charge in [-0.3, -0.25) is 4.79 Å². The highest BCUT2D eigenvalue weighted by Crippen LogP contribution is 2.24. The highest BCUT2D eigenvalue weighted by Gasteiger charge is 2.01. The van der Waals surface area contributed by atoms with Gasteiger partial charge >= 0.3 is 0 Å². The van der Waals surface area contributed by atoms with E-state index in [4.69, 9.17) is 4.74 Å². The van der Waals surface area contributed by atoms with Gasteiger partial charge in [-0.25, -0.2) is 0 Å². The number of hydrogen-bond donors (Lipinski definition) is 0. The minimum atomic E-state index is 0.424. The molecule has 0 atom stereocenters. The fourth-order valence-electron chi connectivity index (χ4n) is 1.84. The Bertz CT molecular complexity index is 710. The van der Waals surface area contributed by atoms with E-state index in [0.717, 1.165) is 21.7 Å². The number of fused-ring (bicyclic) bond motifs is 2. The number of nitrogens with zero attached hydrogens (tertiary/aromatic N) is 2. The van der Waals surface area contributed by atoms with Gasteiger partial charge in [0.2, 0.25) is 0 Å². The maximum atomic E-state index is 10.3. The molecule has 1 aromatic heterocycles. The van der Waals surface area contributed by atoms with Crippen molar-refractivity contribution in [2.45, 2.75) is 0 Å². The Morgan fingerprint density at radius 3 is 2.82 bits per heavy atom. The molecule has 0 aliphatic carbocycles. The van der Waals surface area contributed by atoms with Crippen LogP contribution in [-0.4, -0.2) is 16.7 Å². The maximum Gasteiger partial charge on any atom is 0.298 e. The summed E-state index contributed by atoms with van der Waals surface area (Å²) in [5.41, 5.74) is 0.851. The van der Waals surface area contributed by atoms with Crippen LogP contribution in [0.15, 0.2) is 42.6 Å². The third-order valence-electron chi connectivity index (χ3n) is 2.63. The molecular formula is C13H8N2O2. The lowest BCUT2D eigenvalue weighted by Crippen LogP contribution is -1.88. The monoisotopic (exact) mass is 224 g/mol. The quantitative estimate of drug-likeness (QED) is 0.495. The van der Waals surface area contributed by atoms with Crippen molar-refractivity contribution in [3.8, 4) is 5.75 Å². The van der Waals surface area contributed by atoms with Crippen LogP contribution in [0.1, 0.15) is 0 Å². The summed E-state index contributed by atoms with van der Waals surface area (Å²) in [6, 6.07) is 11.3. The summed E-state index contributed by atoms with van der Waals surface area (Å²) in [5, 5.41) is 11.0. The highest BCUT2D eigenvalue weighted by atomic mass is 16.5. The van der Waals surface area contributed by atoms with E-state index in [1.54, 1.807) is 12.3 Å². The second-order valence-corrected chi connectivity index (χ2v) is 3.67. The molecule has 17 heavy (non-hydrogen) atoms. The van der Waals surface area contributed by atoms with Crippen LogP contribution < -0.4 is 4.74 Å². The average Bonchev–Trinajstić information content (AvgIpc) is 2.36. The molecule has 0 amide bonds. The predicted octanol–water partition coefficient (Wildman–Crippen LogP) is 2.32. The number of aromatic nitrogens is 2. The van der Waals surface area contributed by atoms with Crippen molar-refractivity contribution < 1.29 is 9.53 Å². The molecule has 82 valence electrons. The fraction of sp³-hybridized carbons (Fsp3) is 0. The zero-order chi connectivity index (χ0) is 11.7. The summed E-state index contributed by atoms with van der Waals surface area (Å²) in [6.45, 7) is 0.424. The minimum Gasteiger partial charge on any atom is -0.429 e. The first kappa shape index (κ1) is 9.72. The summed E-state index contributed by atoms with van der Waals surface area (Å²) < 4.78 is 4.82. The van der Waals surface area contributed by atoms with Crippen molar-refractivity contribution in [2.24, 2.45) is 0 Å². The van der Waals surface area contributed by atoms with E-state index >= 15 is 0 Å². The van der Waals surface area contributed by atoms with Crippen molar-refractivity contribution in [1.82, 2.24) is 10.2 Å².